The summed E-state index contributed by atoms with van der Waals surface area (Å²) in [6.45, 7) is 5.42. The van der Waals surface area contributed by atoms with Crippen molar-refractivity contribution in [1.82, 2.24) is 9.97 Å². The lowest BCUT2D eigenvalue weighted by Gasteiger charge is -2.32. The van der Waals surface area contributed by atoms with E-state index in [1.165, 1.54) is 12.1 Å². The molecule has 1 fully saturated rings. The molecular formula is C20H21FN4OS. The van der Waals surface area contributed by atoms with Crippen LogP contribution in [0.25, 0.3) is 21.3 Å². The van der Waals surface area contributed by atoms with Crippen molar-refractivity contribution in [1.29, 1.82) is 0 Å². The maximum Gasteiger partial charge on any atom is 0.220 e. The average Bonchev–Trinajstić information content (AvgIpc) is 2.97. The Morgan fingerprint density at radius 3 is 2.48 bits per heavy atom. The topological polar surface area (TPSA) is 72.1 Å². The quantitative estimate of drug-likeness (QED) is 0.745. The van der Waals surface area contributed by atoms with Gasteiger partial charge in [-0.15, -0.1) is 11.3 Å². The maximum absolute atomic E-state index is 13.4. The van der Waals surface area contributed by atoms with E-state index in [1.807, 2.05) is 6.92 Å². The molecule has 0 bridgehead atoms. The molecule has 3 aromatic rings. The van der Waals surface area contributed by atoms with Gasteiger partial charge in [0.2, 0.25) is 5.91 Å². The van der Waals surface area contributed by atoms with E-state index < -0.39 is 0 Å². The number of nitrogens with two attached hydrogens (primary N) is 1. The largest absolute Gasteiger partial charge is 0.369 e. The number of carbonyl (C=O) groups is 1. The number of carbonyl (C=O) groups excluding carboxylic acids is 1. The van der Waals surface area contributed by atoms with Crippen molar-refractivity contribution in [3.8, 4) is 11.1 Å². The van der Waals surface area contributed by atoms with Gasteiger partial charge in [-0.05, 0) is 44.4 Å². The van der Waals surface area contributed by atoms with E-state index in [-0.39, 0.29) is 17.6 Å². The smallest absolute Gasteiger partial charge is 0.220 e. The van der Waals surface area contributed by atoms with Crippen LogP contribution in [0, 0.1) is 25.6 Å². The van der Waals surface area contributed by atoms with Gasteiger partial charge in [0.05, 0.1) is 5.39 Å². The Balaban J connectivity index is 1.83. The Bertz CT molecular complexity index is 1010. The van der Waals surface area contributed by atoms with Gasteiger partial charge < -0.3 is 10.6 Å². The number of hydrogen-bond donors (Lipinski definition) is 1. The minimum absolute atomic E-state index is 0.0690. The van der Waals surface area contributed by atoms with Crippen molar-refractivity contribution >= 4 is 33.3 Å². The number of fused-ring (bicyclic) bond motifs is 1. The Morgan fingerprint density at radius 2 is 1.85 bits per heavy atom. The first-order valence-corrected chi connectivity index (χ1v) is 9.83. The van der Waals surface area contributed by atoms with Crippen molar-refractivity contribution in [3.63, 3.8) is 0 Å². The predicted octanol–water partition coefficient (Wildman–Crippen LogP) is 3.82. The second-order valence-electron chi connectivity index (χ2n) is 6.98. The van der Waals surface area contributed by atoms with Crippen LogP contribution in [0.3, 0.4) is 0 Å². The van der Waals surface area contributed by atoms with E-state index in [0.29, 0.717) is 0 Å². The first kappa shape index (κ1) is 17.9. The summed E-state index contributed by atoms with van der Waals surface area (Å²) in [6, 6.07) is 6.55. The van der Waals surface area contributed by atoms with Crippen LogP contribution in [0.5, 0.6) is 0 Å². The molecule has 1 aliphatic rings. The molecule has 1 aliphatic heterocycles. The minimum Gasteiger partial charge on any atom is -0.369 e. The number of anilines is 1. The lowest BCUT2D eigenvalue weighted by atomic mass is 9.95. The highest BCUT2D eigenvalue weighted by molar-refractivity contribution is 7.19. The van der Waals surface area contributed by atoms with E-state index in [4.69, 9.17) is 10.7 Å². The summed E-state index contributed by atoms with van der Waals surface area (Å²) in [5, 5.41) is 1.01. The zero-order chi connectivity index (χ0) is 19.1. The molecule has 7 heteroatoms. The van der Waals surface area contributed by atoms with E-state index in [9.17, 15) is 9.18 Å². The zero-order valence-electron chi connectivity index (χ0n) is 15.3. The molecule has 1 saturated heterocycles. The number of halogens is 1. The van der Waals surface area contributed by atoms with Crippen molar-refractivity contribution in [2.45, 2.75) is 26.7 Å². The summed E-state index contributed by atoms with van der Waals surface area (Å²) in [4.78, 5) is 25.1. The van der Waals surface area contributed by atoms with Crippen molar-refractivity contribution < 1.29 is 9.18 Å². The summed E-state index contributed by atoms with van der Waals surface area (Å²) in [5.41, 5.74) is 7.49. The van der Waals surface area contributed by atoms with Crippen LogP contribution in [0.2, 0.25) is 0 Å². The third kappa shape index (κ3) is 3.27. The fourth-order valence-electron chi connectivity index (χ4n) is 3.77. The lowest BCUT2D eigenvalue weighted by Crippen LogP contribution is -2.39. The molecule has 0 unspecified atom stereocenters. The summed E-state index contributed by atoms with van der Waals surface area (Å²) >= 11 is 1.63. The third-order valence-corrected chi connectivity index (χ3v) is 6.15. The highest BCUT2D eigenvalue weighted by Crippen LogP contribution is 2.42. The molecule has 1 aromatic carbocycles. The average molecular weight is 384 g/mol. The van der Waals surface area contributed by atoms with E-state index in [2.05, 4.69) is 16.8 Å². The molecule has 0 spiro atoms. The van der Waals surface area contributed by atoms with Crippen LogP contribution in [-0.2, 0) is 4.79 Å². The number of aromatic nitrogens is 2. The fraction of sp³-hybridized carbons (Fsp3) is 0.350. The molecule has 3 heterocycles. The molecule has 0 aliphatic carbocycles. The van der Waals surface area contributed by atoms with E-state index >= 15 is 0 Å². The normalized spacial score (nSPS) is 15.4. The molecule has 0 saturated carbocycles. The summed E-state index contributed by atoms with van der Waals surface area (Å²) < 4.78 is 13.4. The van der Waals surface area contributed by atoms with Gasteiger partial charge in [0.25, 0.3) is 0 Å². The molecule has 0 atom stereocenters. The number of hydrogen-bond acceptors (Lipinski definition) is 5. The number of aryl methyl sites for hydroxylation is 2. The van der Waals surface area contributed by atoms with Crippen LogP contribution >= 0.6 is 11.3 Å². The number of rotatable bonds is 3. The SMILES string of the molecule is Cc1nc(N2CCC(C(N)=O)CC2)c2c(-c3ccc(F)cc3)c(C)sc2n1. The Hall–Kier alpha value is -2.54. The molecular weight excluding hydrogens is 363 g/mol. The van der Waals surface area contributed by atoms with Crippen LogP contribution in [-0.4, -0.2) is 29.0 Å². The number of amides is 1. The number of primary amides is 1. The Morgan fingerprint density at radius 1 is 1.19 bits per heavy atom. The number of piperidine rings is 1. The number of thiophene rings is 1. The van der Waals surface area contributed by atoms with Crippen LogP contribution in [0.4, 0.5) is 10.2 Å². The molecule has 2 N–H and O–H groups in total. The van der Waals surface area contributed by atoms with Crippen molar-refractivity contribution in [2.24, 2.45) is 11.7 Å². The van der Waals surface area contributed by atoms with Crippen LogP contribution < -0.4 is 10.6 Å². The maximum atomic E-state index is 13.4. The predicted molar refractivity (Wildman–Crippen MR) is 106 cm³/mol. The Labute approximate surface area is 161 Å². The van der Waals surface area contributed by atoms with Gasteiger partial charge in [-0.2, -0.15) is 0 Å². The second-order valence-corrected chi connectivity index (χ2v) is 8.18. The summed E-state index contributed by atoms with van der Waals surface area (Å²) in [5.74, 6) is 1.07. The first-order valence-electron chi connectivity index (χ1n) is 9.02. The number of nitrogens with zero attached hydrogens (tertiary/aromatic N) is 3. The lowest BCUT2D eigenvalue weighted by molar-refractivity contribution is -0.122. The monoisotopic (exact) mass is 384 g/mol. The highest BCUT2D eigenvalue weighted by atomic mass is 32.1. The van der Waals surface area contributed by atoms with Crippen molar-refractivity contribution in [2.75, 3.05) is 18.0 Å². The minimum atomic E-state index is -0.253. The van der Waals surface area contributed by atoms with Crippen molar-refractivity contribution in [3.05, 3.63) is 40.8 Å². The summed E-state index contributed by atoms with van der Waals surface area (Å²) in [6.07, 6.45) is 1.46. The Kier molecular flexibility index (Phi) is 4.55. The van der Waals surface area contributed by atoms with Gasteiger partial charge in [0, 0.05) is 29.4 Å². The van der Waals surface area contributed by atoms with Gasteiger partial charge in [-0.25, -0.2) is 14.4 Å². The zero-order valence-corrected chi connectivity index (χ0v) is 16.1. The number of benzene rings is 1. The highest BCUT2D eigenvalue weighted by Gasteiger charge is 2.27. The third-order valence-electron chi connectivity index (χ3n) is 5.15. The molecule has 0 radical (unpaired) electrons. The fourth-order valence-corrected chi connectivity index (χ4v) is 4.85. The standard InChI is InChI=1S/C20H21FN4OS/c1-11-16(13-3-5-15(21)6-4-13)17-19(23-12(2)24-20(17)27-11)25-9-7-14(8-10-25)18(22)26/h3-6,14H,7-10H2,1-2H3,(H2,22,26). The molecule has 27 heavy (non-hydrogen) atoms. The van der Waals surface area contributed by atoms with Gasteiger partial charge in [-0.3, -0.25) is 4.79 Å². The molecule has 140 valence electrons. The van der Waals surface area contributed by atoms with Crippen LogP contribution in [0.1, 0.15) is 23.5 Å². The molecule has 4 rings (SSSR count). The van der Waals surface area contributed by atoms with Gasteiger partial charge in [0.1, 0.15) is 22.3 Å². The molecule has 1 amide bonds. The molecule has 2 aromatic heterocycles. The molecule has 5 nitrogen and oxygen atoms in total. The van der Waals surface area contributed by atoms with E-state index in [1.54, 1.807) is 23.5 Å². The summed E-state index contributed by atoms with van der Waals surface area (Å²) in [7, 11) is 0. The van der Waals surface area contributed by atoms with Gasteiger partial charge in [0.15, 0.2) is 0 Å². The van der Waals surface area contributed by atoms with Crippen LogP contribution in [0.15, 0.2) is 24.3 Å². The van der Waals surface area contributed by atoms with Gasteiger partial charge in [-0.1, -0.05) is 12.1 Å². The van der Waals surface area contributed by atoms with E-state index in [0.717, 1.165) is 63.8 Å². The van der Waals surface area contributed by atoms with Gasteiger partial charge >= 0.3 is 0 Å². The second kappa shape index (κ2) is 6.88. The first-order chi connectivity index (χ1) is 12.9.